The predicted octanol–water partition coefficient (Wildman–Crippen LogP) is 3.53. The zero-order valence-electron chi connectivity index (χ0n) is 15.7. The Morgan fingerprint density at radius 1 is 0.931 bits per heavy atom. The SMILES string of the molecule is COC(=O)c1cc(OC(=O)Cc2csc(-c3ccccc3)n2)cc(C(=O)OC)c1. The molecule has 7 nitrogen and oxygen atoms in total. The van der Waals surface area contributed by atoms with Crippen LogP contribution in [0.1, 0.15) is 26.4 Å². The third kappa shape index (κ3) is 5.05. The van der Waals surface area contributed by atoms with Crippen LogP contribution < -0.4 is 4.74 Å². The van der Waals surface area contributed by atoms with Gasteiger partial charge < -0.3 is 14.2 Å². The molecule has 3 aromatic rings. The number of aromatic nitrogens is 1. The highest BCUT2D eigenvalue weighted by Crippen LogP contribution is 2.24. The monoisotopic (exact) mass is 411 g/mol. The number of hydrogen-bond acceptors (Lipinski definition) is 8. The number of methoxy groups -OCH3 is 2. The van der Waals surface area contributed by atoms with Crippen LogP contribution in [0.25, 0.3) is 10.6 Å². The highest BCUT2D eigenvalue weighted by molar-refractivity contribution is 7.13. The number of rotatable bonds is 6. The van der Waals surface area contributed by atoms with E-state index in [0.29, 0.717) is 5.69 Å². The summed E-state index contributed by atoms with van der Waals surface area (Å²) in [5, 5.41) is 2.59. The van der Waals surface area contributed by atoms with E-state index in [1.807, 2.05) is 30.3 Å². The second-order valence-corrected chi connectivity index (χ2v) is 6.75. The number of thiazole rings is 1. The molecule has 3 rings (SSSR count). The Morgan fingerprint density at radius 3 is 2.14 bits per heavy atom. The van der Waals surface area contributed by atoms with Crippen molar-refractivity contribution in [1.82, 2.24) is 4.98 Å². The summed E-state index contributed by atoms with van der Waals surface area (Å²) in [6.45, 7) is 0. The van der Waals surface area contributed by atoms with Gasteiger partial charge in [-0.05, 0) is 18.2 Å². The molecule has 0 atom stereocenters. The van der Waals surface area contributed by atoms with Crippen molar-refractivity contribution in [1.29, 1.82) is 0 Å². The number of ether oxygens (including phenoxy) is 3. The van der Waals surface area contributed by atoms with Crippen LogP contribution in [0, 0.1) is 0 Å². The molecule has 0 radical (unpaired) electrons. The van der Waals surface area contributed by atoms with Gasteiger partial charge in [0.05, 0.1) is 37.5 Å². The zero-order valence-corrected chi connectivity index (χ0v) is 16.5. The molecular weight excluding hydrogens is 394 g/mol. The van der Waals surface area contributed by atoms with Crippen LogP contribution in [-0.2, 0) is 20.7 Å². The van der Waals surface area contributed by atoms with Crippen molar-refractivity contribution >= 4 is 29.2 Å². The Labute approximate surface area is 170 Å². The molecule has 0 fully saturated rings. The van der Waals surface area contributed by atoms with E-state index in [2.05, 4.69) is 14.5 Å². The first-order chi connectivity index (χ1) is 14.0. The number of carbonyl (C=O) groups excluding carboxylic acids is 3. The summed E-state index contributed by atoms with van der Waals surface area (Å²) in [6, 6.07) is 13.6. The molecule has 0 aliphatic rings. The van der Waals surface area contributed by atoms with Gasteiger partial charge in [-0.15, -0.1) is 11.3 Å². The van der Waals surface area contributed by atoms with E-state index < -0.39 is 17.9 Å². The first kappa shape index (κ1) is 20.2. The molecule has 0 N–H and O–H groups in total. The van der Waals surface area contributed by atoms with E-state index in [-0.39, 0.29) is 23.3 Å². The van der Waals surface area contributed by atoms with Crippen LogP contribution in [0.5, 0.6) is 5.75 Å². The summed E-state index contributed by atoms with van der Waals surface area (Å²) in [5.74, 6) is -1.87. The van der Waals surface area contributed by atoms with Crippen LogP contribution >= 0.6 is 11.3 Å². The van der Waals surface area contributed by atoms with Crippen LogP contribution in [-0.4, -0.2) is 37.1 Å². The number of hydrogen-bond donors (Lipinski definition) is 0. The standard InChI is InChI=1S/C21H17NO6S/c1-26-20(24)14-8-15(21(25)27-2)10-17(9-14)28-18(23)11-16-12-29-19(22-16)13-6-4-3-5-7-13/h3-10,12H,11H2,1-2H3. The van der Waals surface area contributed by atoms with Crippen molar-refractivity contribution < 1.29 is 28.6 Å². The maximum absolute atomic E-state index is 12.3. The normalized spacial score (nSPS) is 10.3. The van der Waals surface area contributed by atoms with Crippen LogP contribution in [0.15, 0.2) is 53.9 Å². The van der Waals surface area contributed by atoms with Crippen LogP contribution in [0.2, 0.25) is 0 Å². The predicted molar refractivity (Wildman–Crippen MR) is 106 cm³/mol. The van der Waals surface area contributed by atoms with E-state index in [0.717, 1.165) is 10.6 Å². The third-order valence-corrected chi connectivity index (χ3v) is 4.82. The fourth-order valence-corrected chi connectivity index (χ4v) is 3.37. The minimum absolute atomic E-state index is 0.0387. The van der Waals surface area contributed by atoms with E-state index in [1.54, 1.807) is 5.38 Å². The Balaban J connectivity index is 1.75. The number of benzene rings is 2. The molecule has 0 saturated carbocycles. The molecule has 0 saturated heterocycles. The van der Waals surface area contributed by atoms with Crippen LogP contribution in [0.3, 0.4) is 0 Å². The van der Waals surface area contributed by atoms with E-state index >= 15 is 0 Å². The summed E-state index contributed by atoms with van der Waals surface area (Å²) in [7, 11) is 2.43. The second-order valence-electron chi connectivity index (χ2n) is 5.89. The fraction of sp³-hybridized carbons (Fsp3) is 0.143. The van der Waals surface area contributed by atoms with Gasteiger partial charge in [0.25, 0.3) is 0 Å². The molecule has 0 spiro atoms. The molecule has 0 bridgehead atoms. The van der Waals surface area contributed by atoms with Gasteiger partial charge in [-0.1, -0.05) is 30.3 Å². The molecule has 0 unspecified atom stereocenters. The minimum atomic E-state index is -0.667. The van der Waals surface area contributed by atoms with Crippen molar-refractivity contribution in [3.05, 3.63) is 70.7 Å². The van der Waals surface area contributed by atoms with E-state index in [9.17, 15) is 14.4 Å². The smallest absolute Gasteiger partial charge is 0.338 e. The lowest BCUT2D eigenvalue weighted by molar-refractivity contribution is -0.133. The molecule has 148 valence electrons. The van der Waals surface area contributed by atoms with Gasteiger partial charge in [0.15, 0.2) is 0 Å². The molecular formula is C21H17NO6S. The first-order valence-electron chi connectivity index (χ1n) is 8.52. The number of carbonyl (C=O) groups is 3. The van der Waals surface area contributed by atoms with Gasteiger partial charge in [0.2, 0.25) is 0 Å². The topological polar surface area (TPSA) is 91.8 Å². The maximum Gasteiger partial charge on any atom is 0.338 e. The largest absolute Gasteiger partial charge is 0.465 e. The highest BCUT2D eigenvalue weighted by atomic mass is 32.1. The number of esters is 3. The Morgan fingerprint density at radius 2 is 1.55 bits per heavy atom. The Hall–Kier alpha value is -3.52. The summed E-state index contributed by atoms with van der Waals surface area (Å²) >= 11 is 1.43. The molecule has 0 aliphatic carbocycles. The van der Waals surface area contributed by atoms with Crippen molar-refractivity contribution in [2.24, 2.45) is 0 Å². The molecule has 0 amide bonds. The summed E-state index contributed by atoms with van der Waals surface area (Å²) < 4.78 is 14.6. The summed E-state index contributed by atoms with van der Waals surface area (Å²) in [6.07, 6.45) is -0.0562. The second kappa shape index (κ2) is 9.11. The maximum atomic E-state index is 12.3. The molecule has 29 heavy (non-hydrogen) atoms. The van der Waals surface area contributed by atoms with Gasteiger partial charge in [-0.2, -0.15) is 0 Å². The third-order valence-electron chi connectivity index (χ3n) is 3.88. The number of nitrogens with zero attached hydrogens (tertiary/aromatic N) is 1. The molecule has 1 heterocycles. The fourth-order valence-electron chi connectivity index (χ4n) is 2.55. The lowest BCUT2D eigenvalue weighted by Gasteiger charge is -2.08. The van der Waals surface area contributed by atoms with Crippen molar-refractivity contribution in [3.63, 3.8) is 0 Å². The lowest BCUT2D eigenvalue weighted by atomic mass is 10.1. The first-order valence-corrected chi connectivity index (χ1v) is 9.40. The van der Waals surface area contributed by atoms with E-state index in [4.69, 9.17) is 4.74 Å². The summed E-state index contributed by atoms with van der Waals surface area (Å²) in [4.78, 5) is 40.4. The van der Waals surface area contributed by atoms with Gasteiger partial charge in [-0.3, -0.25) is 4.79 Å². The quantitative estimate of drug-likeness (QED) is 0.453. The molecule has 0 aliphatic heterocycles. The van der Waals surface area contributed by atoms with Gasteiger partial charge in [-0.25, -0.2) is 14.6 Å². The summed E-state index contributed by atoms with van der Waals surface area (Å²) in [5.41, 5.74) is 1.67. The Bertz CT molecular complexity index is 1010. The van der Waals surface area contributed by atoms with Gasteiger partial charge in [0.1, 0.15) is 10.8 Å². The average Bonchev–Trinajstić information content (AvgIpc) is 3.21. The Kier molecular flexibility index (Phi) is 6.36. The van der Waals surface area contributed by atoms with Gasteiger partial charge >= 0.3 is 17.9 Å². The molecule has 1 aromatic heterocycles. The minimum Gasteiger partial charge on any atom is -0.465 e. The molecule has 2 aromatic carbocycles. The zero-order chi connectivity index (χ0) is 20.8. The lowest BCUT2D eigenvalue weighted by Crippen LogP contribution is -2.13. The van der Waals surface area contributed by atoms with Crippen molar-refractivity contribution in [3.8, 4) is 16.3 Å². The van der Waals surface area contributed by atoms with Crippen molar-refractivity contribution in [2.75, 3.05) is 14.2 Å². The highest BCUT2D eigenvalue weighted by Gasteiger charge is 2.17. The van der Waals surface area contributed by atoms with Crippen molar-refractivity contribution in [2.45, 2.75) is 6.42 Å². The molecule has 8 heteroatoms. The van der Waals surface area contributed by atoms with Crippen LogP contribution in [0.4, 0.5) is 0 Å². The van der Waals surface area contributed by atoms with Gasteiger partial charge in [0, 0.05) is 10.9 Å². The average molecular weight is 411 g/mol. The van der Waals surface area contributed by atoms with E-state index in [1.165, 1.54) is 43.8 Å².